The highest BCUT2D eigenvalue weighted by Crippen LogP contribution is 2.23. The third-order valence-corrected chi connectivity index (χ3v) is 4.21. The third-order valence-electron chi connectivity index (χ3n) is 3.30. The predicted octanol–water partition coefficient (Wildman–Crippen LogP) is 3.94. The second-order valence-electron chi connectivity index (χ2n) is 5.30. The number of amides is 1. The molecule has 1 amide bonds. The summed E-state index contributed by atoms with van der Waals surface area (Å²) >= 11 is 1.57. The van der Waals surface area contributed by atoms with Crippen LogP contribution in [0.1, 0.15) is 9.88 Å². The standard InChI is InChI=1S/C19H18N2O3S/c1-14-20-11-18(25-14)12-21-19(22)13-23-15-7-9-17(10-8-15)24-16-5-3-2-4-6-16/h2-11H,12-13H2,1H3,(H,21,22). The zero-order valence-electron chi connectivity index (χ0n) is 13.8. The van der Waals surface area contributed by atoms with Gasteiger partial charge in [0.15, 0.2) is 6.61 Å². The Bertz CT molecular complexity index is 816. The number of aromatic nitrogens is 1. The molecule has 0 bridgehead atoms. The van der Waals surface area contributed by atoms with Crippen molar-refractivity contribution in [3.8, 4) is 17.2 Å². The van der Waals surface area contributed by atoms with E-state index < -0.39 is 0 Å². The minimum atomic E-state index is -0.171. The molecule has 0 saturated carbocycles. The van der Waals surface area contributed by atoms with Crippen LogP contribution in [0.5, 0.6) is 17.2 Å². The van der Waals surface area contributed by atoms with Crippen LogP contribution in [0.4, 0.5) is 0 Å². The Balaban J connectivity index is 1.44. The van der Waals surface area contributed by atoms with E-state index in [0.717, 1.165) is 15.6 Å². The maximum atomic E-state index is 11.8. The van der Waals surface area contributed by atoms with Crippen LogP contribution in [0.2, 0.25) is 0 Å². The number of thiazole rings is 1. The van der Waals surface area contributed by atoms with E-state index in [4.69, 9.17) is 9.47 Å². The first kappa shape index (κ1) is 17.0. The molecule has 25 heavy (non-hydrogen) atoms. The Morgan fingerprint density at radius 1 is 1.04 bits per heavy atom. The van der Waals surface area contributed by atoms with E-state index in [-0.39, 0.29) is 12.5 Å². The largest absolute Gasteiger partial charge is 0.484 e. The van der Waals surface area contributed by atoms with Crippen molar-refractivity contribution >= 4 is 17.2 Å². The first-order chi connectivity index (χ1) is 12.2. The van der Waals surface area contributed by atoms with Gasteiger partial charge in [-0.3, -0.25) is 4.79 Å². The zero-order valence-corrected chi connectivity index (χ0v) is 14.6. The van der Waals surface area contributed by atoms with Crippen molar-refractivity contribution in [2.24, 2.45) is 0 Å². The highest BCUT2D eigenvalue weighted by molar-refractivity contribution is 7.11. The molecule has 1 aromatic heterocycles. The van der Waals surface area contributed by atoms with Crippen molar-refractivity contribution < 1.29 is 14.3 Å². The van der Waals surface area contributed by atoms with Crippen LogP contribution in [0.15, 0.2) is 60.8 Å². The monoisotopic (exact) mass is 354 g/mol. The number of nitrogens with zero attached hydrogens (tertiary/aromatic N) is 1. The molecule has 0 radical (unpaired) electrons. The molecule has 0 aliphatic rings. The van der Waals surface area contributed by atoms with E-state index in [2.05, 4.69) is 10.3 Å². The summed E-state index contributed by atoms with van der Waals surface area (Å²) in [4.78, 5) is 17.0. The number of hydrogen-bond donors (Lipinski definition) is 1. The molecule has 0 spiro atoms. The van der Waals surface area contributed by atoms with Crippen molar-refractivity contribution in [3.05, 3.63) is 70.7 Å². The van der Waals surface area contributed by atoms with Gasteiger partial charge in [0.25, 0.3) is 5.91 Å². The van der Waals surface area contributed by atoms with Gasteiger partial charge < -0.3 is 14.8 Å². The van der Waals surface area contributed by atoms with Crippen molar-refractivity contribution in [1.82, 2.24) is 10.3 Å². The number of hydrogen-bond acceptors (Lipinski definition) is 5. The average Bonchev–Trinajstić information content (AvgIpc) is 3.06. The quantitative estimate of drug-likeness (QED) is 0.698. The van der Waals surface area contributed by atoms with E-state index in [9.17, 15) is 4.79 Å². The van der Waals surface area contributed by atoms with E-state index in [1.807, 2.05) is 37.3 Å². The molecule has 0 atom stereocenters. The normalized spacial score (nSPS) is 10.3. The van der Waals surface area contributed by atoms with Gasteiger partial charge in [-0.05, 0) is 43.3 Å². The van der Waals surface area contributed by atoms with Crippen LogP contribution in [-0.4, -0.2) is 17.5 Å². The summed E-state index contributed by atoms with van der Waals surface area (Å²) in [5, 5.41) is 3.79. The molecule has 0 aliphatic heterocycles. The van der Waals surface area contributed by atoms with Gasteiger partial charge >= 0.3 is 0 Å². The molecule has 1 N–H and O–H groups in total. The second kappa shape index (κ2) is 8.30. The van der Waals surface area contributed by atoms with Crippen LogP contribution in [0, 0.1) is 6.92 Å². The molecule has 128 valence electrons. The van der Waals surface area contributed by atoms with Gasteiger partial charge in [-0.25, -0.2) is 4.98 Å². The molecule has 3 rings (SSSR count). The number of benzene rings is 2. The number of ether oxygens (including phenoxy) is 2. The Morgan fingerprint density at radius 2 is 1.72 bits per heavy atom. The Labute approximate surface area is 150 Å². The summed E-state index contributed by atoms with van der Waals surface area (Å²) in [5.41, 5.74) is 0. The van der Waals surface area contributed by atoms with Crippen LogP contribution >= 0.6 is 11.3 Å². The van der Waals surface area contributed by atoms with Gasteiger partial charge in [-0.2, -0.15) is 0 Å². The van der Waals surface area contributed by atoms with E-state index in [1.54, 1.807) is 41.8 Å². The van der Waals surface area contributed by atoms with E-state index >= 15 is 0 Å². The highest BCUT2D eigenvalue weighted by Gasteiger charge is 2.05. The van der Waals surface area contributed by atoms with E-state index in [1.165, 1.54) is 0 Å². The molecular weight excluding hydrogens is 336 g/mol. The maximum absolute atomic E-state index is 11.8. The van der Waals surface area contributed by atoms with Crippen LogP contribution < -0.4 is 14.8 Å². The van der Waals surface area contributed by atoms with Crippen LogP contribution in [0.25, 0.3) is 0 Å². The lowest BCUT2D eigenvalue weighted by molar-refractivity contribution is -0.123. The molecular formula is C19H18N2O3S. The molecule has 5 nitrogen and oxygen atoms in total. The van der Waals surface area contributed by atoms with Gasteiger partial charge in [-0.1, -0.05) is 18.2 Å². The average molecular weight is 354 g/mol. The van der Waals surface area contributed by atoms with Gasteiger partial charge in [0.2, 0.25) is 0 Å². The van der Waals surface area contributed by atoms with Gasteiger partial charge in [0, 0.05) is 11.1 Å². The lowest BCUT2D eigenvalue weighted by atomic mass is 10.3. The fourth-order valence-electron chi connectivity index (χ4n) is 2.10. The smallest absolute Gasteiger partial charge is 0.258 e. The Kier molecular flexibility index (Phi) is 5.64. The van der Waals surface area contributed by atoms with Crippen LogP contribution in [-0.2, 0) is 11.3 Å². The number of carbonyl (C=O) groups is 1. The molecule has 0 fully saturated rings. The molecule has 0 aliphatic carbocycles. The first-order valence-electron chi connectivity index (χ1n) is 7.83. The molecule has 0 unspecified atom stereocenters. The lowest BCUT2D eigenvalue weighted by Crippen LogP contribution is -2.28. The molecule has 0 saturated heterocycles. The van der Waals surface area contributed by atoms with Crippen molar-refractivity contribution in [3.63, 3.8) is 0 Å². The molecule has 2 aromatic carbocycles. The lowest BCUT2D eigenvalue weighted by Gasteiger charge is -2.08. The minimum Gasteiger partial charge on any atom is -0.484 e. The highest BCUT2D eigenvalue weighted by atomic mass is 32.1. The van der Waals surface area contributed by atoms with Gasteiger partial charge in [-0.15, -0.1) is 11.3 Å². The summed E-state index contributed by atoms with van der Waals surface area (Å²) in [6, 6.07) is 16.7. The number of rotatable bonds is 7. The number of para-hydroxylation sites is 1. The van der Waals surface area contributed by atoms with Gasteiger partial charge in [0.05, 0.1) is 11.6 Å². The van der Waals surface area contributed by atoms with Crippen LogP contribution in [0.3, 0.4) is 0 Å². The SMILES string of the molecule is Cc1ncc(CNC(=O)COc2ccc(Oc3ccccc3)cc2)s1. The first-order valence-corrected chi connectivity index (χ1v) is 8.64. The van der Waals surface area contributed by atoms with Crippen molar-refractivity contribution in [2.45, 2.75) is 13.5 Å². The summed E-state index contributed by atoms with van der Waals surface area (Å²) in [5.74, 6) is 1.93. The minimum absolute atomic E-state index is 0.0311. The third kappa shape index (κ3) is 5.32. The molecule has 6 heteroatoms. The molecule has 3 aromatic rings. The molecule has 1 heterocycles. The fraction of sp³-hybridized carbons (Fsp3) is 0.158. The summed E-state index contributed by atoms with van der Waals surface area (Å²) < 4.78 is 11.2. The van der Waals surface area contributed by atoms with Gasteiger partial charge in [0.1, 0.15) is 17.2 Å². The van der Waals surface area contributed by atoms with E-state index in [0.29, 0.717) is 18.0 Å². The summed E-state index contributed by atoms with van der Waals surface area (Å²) in [6.07, 6.45) is 1.77. The topological polar surface area (TPSA) is 60.5 Å². The zero-order chi connectivity index (χ0) is 17.5. The maximum Gasteiger partial charge on any atom is 0.258 e. The summed E-state index contributed by atoms with van der Waals surface area (Å²) in [6.45, 7) is 2.37. The fourth-order valence-corrected chi connectivity index (χ4v) is 2.84. The number of aryl methyl sites for hydroxylation is 1. The Morgan fingerprint density at radius 3 is 2.40 bits per heavy atom. The van der Waals surface area contributed by atoms with Crippen molar-refractivity contribution in [2.75, 3.05) is 6.61 Å². The number of carbonyl (C=O) groups excluding carboxylic acids is 1. The second-order valence-corrected chi connectivity index (χ2v) is 6.62. The van der Waals surface area contributed by atoms with Crippen molar-refractivity contribution in [1.29, 1.82) is 0 Å². The Hall–Kier alpha value is -2.86. The predicted molar refractivity (Wildman–Crippen MR) is 97.2 cm³/mol. The summed E-state index contributed by atoms with van der Waals surface area (Å²) in [7, 11) is 0. The number of nitrogens with one attached hydrogen (secondary N) is 1.